The molecule has 2 aromatic rings. The molecule has 3 fully saturated rings. The number of hydrogen-bond acceptors (Lipinski definition) is 4. The van der Waals surface area contributed by atoms with E-state index in [0.29, 0.717) is 22.9 Å². The quantitative estimate of drug-likeness (QED) is 0.626. The molecular formula is C22H17BrClN3O3. The summed E-state index contributed by atoms with van der Waals surface area (Å²) < 4.78 is 0.833. The van der Waals surface area contributed by atoms with Crippen LogP contribution in [0.1, 0.15) is 18.4 Å². The zero-order valence-corrected chi connectivity index (χ0v) is 18.1. The van der Waals surface area contributed by atoms with Crippen molar-refractivity contribution in [3.05, 3.63) is 57.5 Å². The Bertz CT molecular complexity index is 1150. The van der Waals surface area contributed by atoms with E-state index in [1.54, 1.807) is 24.3 Å². The first-order chi connectivity index (χ1) is 14.4. The molecule has 0 aliphatic carbocycles. The Hall–Kier alpha value is -2.22. The lowest BCUT2D eigenvalue weighted by Gasteiger charge is -2.36. The molecule has 8 heteroatoms. The first-order valence-electron chi connectivity index (χ1n) is 9.96. The van der Waals surface area contributed by atoms with Gasteiger partial charge < -0.3 is 5.32 Å². The number of imide groups is 1. The van der Waals surface area contributed by atoms with Crippen molar-refractivity contribution >= 4 is 56.6 Å². The summed E-state index contributed by atoms with van der Waals surface area (Å²) in [7, 11) is 0. The maximum Gasteiger partial charge on any atom is 0.250 e. The minimum Gasteiger partial charge on any atom is -0.324 e. The normalized spacial score (nSPS) is 32.0. The van der Waals surface area contributed by atoms with Gasteiger partial charge in [-0.3, -0.25) is 19.3 Å². The van der Waals surface area contributed by atoms with E-state index in [1.165, 1.54) is 4.90 Å². The number of carbonyl (C=O) groups excluding carboxylic acids is 3. The molecule has 3 saturated heterocycles. The lowest BCUT2D eigenvalue weighted by atomic mass is 9.75. The number of hydrogen-bond donors (Lipinski definition) is 1. The van der Waals surface area contributed by atoms with E-state index >= 15 is 0 Å². The van der Waals surface area contributed by atoms with Crippen LogP contribution in [-0.4, -0.2) is 35.2 Å². The molecule has 2 aromatic carbocycles. The fraction of sp³-hybridized carbons (Fsp3) is 0.318. The van der Waals surface area contributed by atoms with Crippen LogP contribution in [0.5, 0.6) is 0 Å². The number of benzene rings is 2. The van der Waals surface area contributed by atoms with Crippen LogP contribution in [0.4, 0.5) is 11.4 Å². The molecule has 0 unspecified atom stereocenters. The van der Waals surface area contributed by atoms with Crippen LogP contribution >= 0.6 is 27.5 Å². The van der Waals surface area contributed by atoms with Gasteiger partial charge in [-0.15, -0.1) is 0 Å². The van der Waals surface area contributed by atoms with Crippen molar-refractivity contribution in [1.82, 2.24) is 4.90 Å². The van der Waals surface area contributed by atoms with Gasteiger partial charge in [0.1, 0.15) is 5.54 Å². The Morgan fingerprint density at radius 3 is 2.73 bits per heavy atom. The second-order valence-corrected chi connectivity index (χ2v) is 9.66. The molecule has 30 heavy (non-hydrogen) atoms. The van der Waals surface area contributed by atoms with Crippen LogP contribution in [0, 0.1) is 11.8 Å². The Morgan fingerprint density at radius 2 is 1.93 bits per heavy atom. The monoisotopic (exact) mass is 485 g/mol. The number of halogens is 2. The van der Waals surface area contributed by atoms with E-state index in [0.717, 1.165) is 22.9 Å². The summed E-state index contributed by atoms with van der Waals surface area (Å²) in [4.78, 5) is 44.2. The number of rotatable bonds is 1. The van der Waals surface area contributed by atoms with Gasteiger partial charge in [-0.1, -0.05) is 33.6 Å². The summed E-state index contributed by atoms with van der Waals surface area (Å²) in [6.45, 7) is 0.689. The average molecular weight is 487 g/mol. The summed E-state index contributed by atoms with van der Waals surface area (Å²) >= 11 is 9.64. The molecule has 4 aliphatic heterocycles. The first-order valence-corrected chi connectivity index (χ1v) is 11.1. The van der Waals surface area contributed by atoms with Gasteiger partial charge in [0.25, 0.3) is 0 Å². The van der Waals surface area contributed by atoms with Crippen LogP contribution in [0.15, 0.2) is 46.9 Å². The summed E-state index contributed by atoms with van der Waals surface area (Å²) in [5.41, 5.74) is 0.774. The Morgan fingerprint density at radius 1 is 1.10 bits per heavy atom. The number of nitrogens with zero attached hydrogens (tertiary/aromatic N) is 2. The number of amides is 3. The minimum atomic E-state index is -1.16. The van der Waals surface area contributed by atoms with Gasteiger partial charge in [-0.25, -0.2) is 4.90 Å². The van der Waals surface area contributed by atoms with E-state index in [1.807, 2.05) is 18.2 Å². The number of carbonyl (C=O) groups is 3. The zero-order valence-electron chi connectivity index (χ0n) is 15.8. The van der Waals surface area contributed by atoms with Crippen molar-refractivity contribution in [1.29, 1.82) is 0 Å². The first kappa shape index (κ1) is 18.5. The third kappa shape index (κ3) is 2.10. The molecule has 0 aromatic heterocycles. The largest absolute Gasteiger partial charge is 0.324 e. The highest BCUT2D eigenvalue weighted by Gasteiger charge is 2.74. The van der Waals surface area contributed by atoms with E-state index in [9.17, 15) is 14.4 Å². The third-order valence-electron chi connectivity index (χ3n) is 7.02. The summed E-state index contributed by atoms with van der Waals surface area (Å²) in [5, 5.41) is 3.43. The van der Waals surface area contributed by atoms with E-state index < -0.39 is 17.4 Å². The maximum absolute atomic E-state index is 13.8. The van der Waals surface area contributed by atoms with Gasteiger partial charge >= 0.3 is 0 Å². The number of fused-ring (bicyclic) bond motifs is 7. The van der Waals surface area contributed by atoms with E-state index in [4.69, 9.17) is 11.6 Å². The van der Waals surface area contributed by atoms with E-state index in [-0.39, 0.29) is 23.8 Å². The second-order valence-electron chi connectivity index (χ2n) is 8.31. The summed E-state index contributed by atoms with van der Waals surface area (Å²) in [5.74, 6) is -2.09. The molecule has 6 nitrogen and oxygen atoms in total. The van der Waals surface area contributed by atoms with Crippen molar-refractivity contribution < 1.29 is 14.4 Å². The molecular weight excluding hydrogens is 470 g/mol. The molecule has 3 amide bonds. The lowest BCUT2D eigenvalue weighted by Crippen LogP contribution is -2.54. The SMILES string of the molecule is O=C1[C@@H]2[C@H]3CCCN3[C@@]3(C(=O)Nc4ccc(Br)cc43)[C@@H]2C(=O)N1c1cccc(Cl)c1. The summed E-state index contributed by atoms with van der Waals surface area (Å²) in [6.07, 6.45) is 1.69. The second kappa shape index (κ2) is 6.15. The molecule has 1 N–H and O–H groups in total. The number of anilines is 2. The highest BCUT2D eigenvalue weighted by molar-refractivity contribution is 9.10. The molecule has 152 valence electrons. The van der Waals surface area contributed by atoms with Crippen molar-refractivity contribution in [2.24, 2.45) is 11.8 Å². The van der Waals surface area contributed by atoms with E-state index in [2.05, 4.69) is 26.1 Å². The van der Waals surface area contributed by atoms with Crippen LogP contribution in [0.2, 0.25) is 5.02 Å². The Balaban J connectivity index is 1.57. The van der Waals surface area contributed by atoms with Crippen molar-refractivity contribution in [3.63, 3.8) is 0 Å². The van der Waals surface area contributed by atoms with Crippen molar-refractivity contribution in [2.75, 3.05) is 16.8 Å². The van der Waals surface area contributed by atoms with Crippen LogP contribution in [0.3, 0.4) is 0 Å². The van der Waals surface area contributed by atoms with Crippen LogP contribution in [-0.2, 0) is 19.9 Å². The molecule has 4 heterocycles. The third-order valence-corrected chi connectivity index (χ3v) is 7.75. The molecule has 1 spiro atoms. The van der Waals surface area contributed by atoms with Gasteiger partial charge in [0.2, 0.25) is 17.7 Å². The fourth-order valence-corrected chi connectivity index (χ4v) is 6.59. The summed E-state index contributed by atoms with van der Waals surface area (Å²) in [6, 6.07) is 12.2. The molecule has 0 bridgehead atoms. The van der Waals surface area contributed by atoms with Gasteiger partial charge in [0, 0.05) is 26.8 Å². The molecule has 4 aliphatic rings. The molecule has 0 radical (unpaired) electrons. The smallest absolute Gasteiger partial charge is 0.250 e. The van der Waals surface area contributed by atoms with Gasteiger partial charge in [0.15, 0.2) is 0 Å². The fourth-order valence-electron chi connectivity index (χ4n) is 6.04. The predicted molar refractivity (Wildman–Crippen MR) is 115 cm³/mol. The predicted octanol–water partition coefficient (Wildman–Crippen LogP) is 3.53. The topological polar surface area (TPSA) is 69.7 Å². The lowest BCUT2D eigenvalue weighted by molar-refractivity contribution is -0.135. The van der Waals surface area contributed by atoms with Crippen LogP contribution < -0.4 is 10.2 Å². The van der Waals surface area contributed by atoms with Gasteiger partial charge in [-0.2, -0.15) is 0 Å². The van der Waals surface area contributed by atoms with Crippen molar-refractivity contribution in [3.8, 4) is 0 Å². The molecule has 6 rings (SSSR count). The van der Waals surface area contributed by atoms with Gasteiger partial charge in [0.05, 0.1) is 17.5 Å². The highest BCUT2D eigenvalue weighted by atomic mass is 79.9. The van der Waals surface area contributed by atoms with Crippen LogP contribution in [0.25, 0.3) is 0 Å². The highest BCUT2D eigenvalue weighted by Crippen LogP contribution is 2.60. The average Bonchev–Trinajstić information content (AvgIpc) is 3.40. The maximum atomic E-state index is 13.8. The molecule has 0 saturated carbocycles. The Labute approximate surface area is 186 Å². The minimum absolute atomic E-state index is 0.133. The molecule has 4 atom stereocenters. The zero-order chi connectivity index (χ0) is 20.8. The van der Waals surface area contributed by atoms with Gasteiger partial charge in [-0.05, 0) is 55.8 Å². The number of nitrogens with one attached hydrogen (secondary N) is 1. The van der Waals surface area contributed by atoms with Crippen molar-refractivity contribution in [2.45, 2.75) is 24.4 Å². The standard InChI is InChI=1S/C22H17BrClN3O3/c23-11-6-7-15-14(9-11)22(21(30)25-15)18-17(16-5-2-8-26(16)22)19(28)27(20(18)29)13-4-1-3-12(24)10-13/h1,3-4,6-7,9-10,16-18H,2,5,8H2,(H,25,30)/t16-,17-,18+,22-/m1/s1. The Kier molecular flexibility index (Phi) is 3.80.